The Labute approximate surface area is 131 Å². The SMILES string of the molecule is COc1ccnc(CS(=O)C(C)=Nc2c(C)cccc2F)c1. The van der Waals surface area contributed by atoms with E-state index in [4.69, 9.17) is 4.74 Å². The molecule has 0 aliphatic rings. The Morgan fingerprint density at radius 1 is 1.41 bits per heavy atom. The number of pyridine rings is 1. The number of hydrogen-bond donors (Lipinski definition) is 0. The van der Waals surface area contributed by atoms with Crippen molar-refractivity contribution in [2.75, 3.05) is 7.11 Å². The minimum absolute atomic E-state index is 0.208. The Hall–Kier alpha value is -2.08. The van der Waals surface area contributed by atoms with Gasteiger partial charge in [-0.15, -0.1) is 0 Å². The number of para-hydroxylation sites is 1. The second kappa shape index (κ2) is 7.26. The van der Waals surface area contributed by atoms with Crippen molar-refractivity contribution in [1.82, 2.24) is 4.98 Å². The third-order valence-electron chi connectivity index (χ3n) is 3.09. The van der Waals surface area contributed by atoms with Crippen LogP contribution in [0.25, 0.3) is 0 Å². The van der Waals surface area contributed by atoms with Gasteiger partial charge < -0.3 is 4.74 Å². The Morgan fingerprint density at radius 2 is 2.18 bits per heavy atom. The van der Waals surface area contributed by atoms with E-state index in [2.05, 4.69) is 9.98 Å². The largest absolute Gasteiger partial charge is 0.497 e. The maximum absolute atomic E-state index is 13.8. The summed E-state index contributed by atoms with van der Waals surface area (Å²) in [6.07, 6.45) is 1.60. The number of halogens is 1. The second-order valence-corrected chi connectivity index (χ2v) is 6.28. The first-order valence-electron chi connectivity index (χ1n) is 6.69. The fraction of sp³-hybridized carbons (Fsp3) is 0.250. The van der Waals surface area contributed by atoms with E-state index in [0.717, 1.165) is 0 Å². The van der Waals surface area contributed by atoms with Gasteiger partial charge in [-0.05, 0) is 31.5 Å². The summed E-state index contributed by atoms with van der Waals surface area (Å²) in [7, 11) is 0.182. The van der Waals surface area contributed by atoms with Crippen LogP contribution in [-0.2, 0) is 16.6 Å². The molecule has 2 rings (SSSR count). The van der Waals surface area contributed by atoms with E-state index in [1.54, 1.807) is 51.4 Å². The molecule has 6 heteroatoms. The van der Waals surface area contributed by atoms with Crippen LogP contribution in [0.2, 0.25) is 0 Å². The molecule has 1 aromatic carbocycles. The molecule has 0 radical (unpaired) electrons. The molecule has 0 fully saturated rings. The number of hydrogen-bond acceptors (Lipinski definition) is 4. The molecule has 1 aromatic heterocycles. The number of aromatic nitrogens is 1. The summed E-state index contributed by atoms with van der Waals surface area (Å²) in [5.41, 5.74) is 1.57. The minimum Gasteiger partial charge on any atom is -0.497 e. The van der Waals surface area contributed by atoms with Crippen LogP contribution in [0.1, 0.15) is 18.2 Å². The van der Waals surface area contributed by atoms with E-state index in [9.17, 15) is 8.60 Å². The first kappa shape index (κ1) is 16.3. The lowest BCUT2D eigenvalue weighted by molar-refractivity contribution is 0.413. The molecule has 1 heterocycles. The minimum atomic E-state index is -1.38. The van der Waals surface area contributed by atoms with Crippen LogP contribution in [0.4, 0.5) is 10.1 Å². The molecule has 1 atom stereocenters. The first-order chi connectivity index (χ1) is 10.5. The van der Waals surface area contributed by atoms with Gasteiger partial charge in [-0.25, -0.2) is 9.38 Å². The summed E-state index contributed by atoms with van der Waals surface area (Å²) in [6, 6.07) is 8.17. The molecule has 0 aliphatic carbocycles. The molecule has 0 saturated carbocycles. The quantitative estimate of drug-likeness (QED) is 0.639. The highest BCUT2D eigenvalue weighted by Gasteiger charge is 2.10. The molecule has 22 heavy (non-hydrogen) atoms. The average molecular weight is 320 g/mol. The molecule has 0 aliphatic heterocycles. The van der Waals surface area contributed by atoms with E-state index in [-0.39, 0.29) is 11.4 Å². The molecule has 0 spiro atoms. The average Bonchev–Trinajstić information content (AvgIpc) is 2.51. The topological polar surface area (TPSA) is 51.5 Å². The van der Waals surface area contributed by atoms with Gasteiger partial charge in [-0.1, -0.05) is 12.1 Å². The normalized spacial score (nSPS) is 13.0. The van der Waals surface area contributed by atoms with Crippen LogP contribution in [0.5, 0.6) is 5.75 Å². The van der Waals surface area contributed by atoms with Crippen LogP contribution in [0, 0.1) is 12.7 Å². The summed E-state index contributed by atoms with van der Waals surface area (Å²) in [6.45, 7) is 3.39. The summed E-state index contributed by atoms with van der Waals surface area (Å²) in [5, 5.41) is 0.359. The number of benzene rings is 1. The van der Waals surface area contributed by atoms with Crippen molar-refractivity contribution in [3.05, 3.63) is 53.6 Å². The van der Waals surface area contributed by atoms with E-state index in [0.29, 0.717) is 22.1 Å². The summed E-state index contributed by atoms with van der Waals surface area (Å²) in [5.74, 6) is 0.442. The first-order valence-corrected chi connectivity index (χ1v) is 8.01. The van der Waals surface area contributed by atoms with Gasteiger partial charge in [0.05, 0.1) is 29.4 Å². The molecule has 116 valence electrons. The van der Waals surface area contributed by atoms with E-state index in [1.165, 1.54) is 6.07 Å². The summed E-state index contributed by atoms with van der Waals surface area (Å²) in [4.78, 5) is 8.33. The van der Waals surface area contributed by atoms with Crippen molar-refractivity contribution in [3.8, 4) is 5.75 Å². The number of methoxy groups -OCH3 is 1. The lowest BCUT2D eigenvalue weighted by Gasteiger charge is -2.06. The number of ether oxygens (including phenoxy) is 1. The van der Waals surface area contributed by atoms with Gasteiger partial charge in [-0.3, -0.25) is 9.19 Å². The van der Waals surface area contributed by atoms with Crippen LogP contribution >= 0.6 is 0 Å². The van der Waals surface area contributed by atoms with Crippen molar-refractivity contribution in [2.45, 2.75) is 19.6 Å². The van der Waals surface area contributed by atoms with E-state index < -0.39 is 16.6 Å². The summed E-state index contributed by atoms with van der Waals surface area (Å²) < 4.78 is 31.2. The van der Waals surface area contributed by atoms with Crippen LogP contribution in [0.15, 0.2) is 41.5 Å². The van der Waals surface area contributed by atoms with E-state index >= 15 is 0 Å². The second-order valence-electron chi connectivity index (χ2n) is 4.71. The van der Waals surface area contributed by atoms with Gasteiger partial charge in [0.2, 0.25) is 0 Å². The van der Waals surface area contributed by atoms with Gasteiger partial charge in [0.25, 0.3) is 0 Å². The van der Waals surface area contributed by atoms with Crippen molar-refractivity contribution < 1.29 is 13.3 Å². The Bertz CT molecular complexity index is 712. The molecular formula is C16H17FN2O2S. The van der Waals surface area contributed by atoms with Gasteiger partial charge >= 0.3 is 0 Å². The maximum atomic E-state index is 13.8. The predicted molar refractivity (Wildman–Crippen MR) is 86.5 cm³/mol. The Kier molecular flexibility index (Phi) is 5.38. The van der Waals surface area contributed by atoms with Gasteiger partial charge in [0, 0.05) is 12.3 Å². The zero-order chi connectivity index (χ0) is 16.1. The molecule has 0 bridgehead atoms. The van der Waals surface area contributed by atoms with Crippen LogP contribution in [-0.4, -0.2) is 21.3 Å². The lowest BCUT2D eigenvalue weighted by atomic mass is 10.2. The monoisotopic (exact) mass is 320 g/mol. The zero-order valence-electron chi connectivity index (χ0n) is 12.7. The number of rotatable bonds is 4. The highest BCUT2D eigenvalue weighted by molar-refractivity contribution is 7.99. The van der Waals surface area contributed by atoms with Gasteiger partial charge in [0.1, 0.15) is 22.3 Å². The third-order valence-corrected chi connectivity index (χ3v) is 4.40. The molecule has 0 amide bonds. The number of aliphatic imine (C=N–C) groups is 1. The summed E-state index contributed by atoms with van der Waals surface area (Å²) >= 11 is 0. The molecule has 0 N–H and O–H groups in total. The third kappa shape index (κ3) is 3.98. The molecule has 2 aromatic rings. The molecular weight excluding hydrogens is 303 g/mol. The molecule has 4 nitrogen and oxygen atoms in total. The van der Waals surface area contributed by atoms with E-state index in [1.807, 2.05) is 0 Å². The van der Waals surface area contributed by atoms with Crippen molar-refractivity contribution in [3.63, 3.8) is 0 Å². The fourth-order valence-electron chi connectivity index (χ4n) is 1.87. The predicted octanol–water partition coefficient (Wildman–Crippen LogP) is 3.54. The Morgan fingerprint density at radius 3 is 2.86 bits per heavy atom. The molecule has 1 unspecified atom stereocenters. The zero-order valence-corrected chi connectivity index (χ0v) is 13.5. The lowest BCUT2D eigenvalue weighted by Crippen LogP contribution is -2.07. The fourth-order valence-corrected chi connectivity index (χ4v) is 2.70. The highest BCUT2D eigenvalue weighted by atomic mass is 32.2. The molecule has 0 saturated heterocycles. The standard InChI is InChI=1S/C16H17FN2O2S/c1-11-5-4-6-15(17)16(11)19-12(2)22(20)10-13-9-14(21-3)7-8-18-13/h4-9H,10H2,1-3H3. The maximum Gasteiger partial charge on any atom is 0.149 e. The highest BCUT2D eigenvalue weighted by Crippen LogP contribution is 2.23. The number of nitrogens with zero attached hydrogens (tertiary/aromatic N) is 2. The van der Waals surface area contributed by atoms with Crippen molar-refractivity contribution in [2.24, 2.45) is 4.99 Å². The number of aryl methyl sites for hydroxylation is 1. The van der Waals surface area contributed by atoms with Crippen LogP contribution < -0.4 is 4.74 Å². The van der Waals surface area contributed by atoms with Crippen molar-refractivity contribution >= 4 is 21.5 Å². The van der Waals surface area contributed by atoms with Gasteiger partial charge in [0.15, 0.2) is 0 Å². The van der Waals surface area contributed by atoms with Gasteiger partial charge in [-0.2, -0.15) is 0 Å². The Balaban J connectivity index is 2.20. The van der Waals surface area contributed by atoms with Crippen LogP contribution in [0.3, 0.4) is 0 Å². The smallest absolute Gasteiger partial charge is 0.149 e. The van der Waals surface area contributed by atoms with Crippen molar-refractivity contribution in [1.29, 1.82) is 0 Å².